The summed E-state index contributed by atoms with van der Waals surface area (Å²) in [6.45, 7) is 3.81. The number of likely N-dealkylation sites (tertiary alicyclic amines) is 1. The van der Waals surface area contributed by atoms with Gasteiger partial charge in [-0.25, -0.2) is 14.4 Å². The molecule has 1 amide bonds. The van der Waals surface area contributed by atoms with Crippen molar-refractivity contribution in [2.24, 2.45) is 0 Å². The summed E-state index contributed by atoms with van der Waals surface area (Å²) in [6.07, 6.45) is 3.50. The van der Waals surface area contributed by atoms with Gasteiger partial charge in [-0.1, -0.05) is 30.3 Å². The van der Waals surface area contributed by atoms with Gasteiger partial charge in [-0.3, -0.25) is 14.9 Å². The van der Waals surface area contributed by atoms with E-state index in [4.69, 9.17) is 19.7 Å². The van der Waals surface area contributed by atoms with Crippen molar-refractivity contribution >= 4 is 29.8 Å². The molecule has 1 aliphatic rings. The molecule has 0 aromatic heterocycles. The number of benzene rings is 1. The minimum absolute atomic E-state index is 0.0383. The smallest absolute Gasteiger partial charge is 0.328 e. The molecule has 0 bridgehead atoms. The van der Waals surface area contributed by atoms with Crippen molar-refractivity contribution in [2.75, 3.05) is 26.4 Å². The molecule has 232 valence electrons. The molecule has 3 N–H and O–H groups in total. The van der Waals surface area contributed by atoms with E-state index < -0.39 is 47.1 Å². The van der Waals surface area contributed by atoms with Crippen LogP contribution in [0, 0.1) is 10.1 Å². The van der Waals surface area contributed by atoms with E-state index >= 15 is 0 Å². The fraction of sp³-hybridized carbons (Fsp3) is 0.519. The van der Waals surface area contributed by atoms with Crippen LogP contribution in [-0.4, -0.2) is 94.5 Å². The van der Waals surface area contributed by atoms with Gasteiger partial charge < -0.3 is 29.4 Å². The quantitative estimate of drug-likeness (QED) is 0.0811. The van der Waals surface area contributed by atoms with Crippen molar-refractivity contribution in [3.8, 4) is 0 Å². The van der Waals surface area contributed by atoms with Crippen LogP contribution in [0.3, 0.4) is 0 Å². The summed E-state index contributed by atoms with van der Waals surface area (Å²) < 4.78 is 10.4. The molecule has 0 radical (unpaired) electrons. The first-order chi connectivity index (χ1) is 20.0. The summed E-state index contributed by atoms with van der Waals surface area (Å²) in [6, 6.07) is 7.61. The van der Waals surface area contributed by atoms with Gasteiger partial charge in [0.1, 0.15) is 12.1 Å². The lowest BCUT2D eigenvalue weighted by Crippen LogP contribution is -2.53. The van der Waals surface area contributed by atoms with E-state index in [-0.39, 0.29) is 32.1 Å². The Hall–Kier alpha value is -4.53. The standard InChI is InChI=1S/C23H33N3O8.C4H4O4/c1-3-32-22(28)19(13-12-18-9-5-4-6-10-18)24-17(2)21(27)25-14-7-11-20(25)23(29)33-15-8-16-34-26(30)31;5-3(6)1-2-4(7)8/h4-6,9-10,17,19-20,24H,3,7-8,11-16H2,1-2H3;1-2H,(H,5,6)(H,7,8)/b;2-1-/t17-,19-,20-;/m0./s1. The van der Waals surface area contributed by atoms with Crippen LogP contribution in [0.25, 0.3) is 0 Å². The van der Waals surface area contributed by atoms with E-state index in [9.17, 15) is 34.1 Å². The van der Waals surface area contributed by atoms with Gasteiger partial charge in [-0.05, 0) is 45.1 Å². The summed E-state index contributed by atoms with van der Waals surface area (Å²) in [7, 11) is 0. The topological polar surface area (TPSA) is 212 Å². The Labute approximate surface area is 242 Å². The van der Waals surface area contributed by atoms with Gasteiger partial charge >= 0.3 is 23.9 Å². The number of hydrogen-bond acceptors (Lipinski definition) is 11. The maximum atomic E-state index is 13.1. The first-order valence-electron chi connectivity index (χ1n) is 13.3. The Kier molecular flexibility index (Phi) is 16.5. The molecule has 2 rings (SSSR count). The summed E-state index contributed by atoms with van der Waals surface area (Å²) in [5, 5.41) is 28.0. The second-order valence-electron chi connectivity index (χ2n) is 8.99. The molecule has 1 saturated heterocycles. The maximum absolute atomic E-state index is 13.1. The first-order valence-corrected chi connectivity index (χ1v) is 13.3. The van der Waals surface area contributed by atoms with Crippen LogP contribution in [0.5, 0.6) is 0 Å². The van der Waals surface area contributed by atoms with Crippen molar-refractivity contribution in [1.29, 1.82) is 0 Å². The largest absolute Gasteiger partial charge is 0.478 e. The number of ether oxygens (including phenoxy) is 2. The number of nitrogens with one attached hydrogen (secondary N) is 1. The Balaban J connectivity index is 0.000000962. The summed E-state index contributed by atoms with van der Waals surface area (Å²) >= 11 is 0. The van der Waals surface area contributed by atoms with Gasteiger partial charge in [0.15, 0.2) is 0 Å². The highest BCUT2D eigenvalue weighted by Gasteiger charge is 2.38. The Morgan fingerprint density at radius 2 is 1.74 bits per heavy atom. The van der Waals surface area contributed by atoms with Crippen LogP contribution in [0.4, 0.5) is 0 Å². The molecular formula is C27H37N3O12. The average molecular weight is 596 g/mol. The molecule has 1 aliphatic heterocycles. The van der Waals surface area contributed by atoms with Gasteiger partial charge in [0.05, 0.1) is 25.9 Å². The third-order valence-electron chi connectivity index (χ3n) is 5.86. The summed E-state index contributed by atoms with van der Waals surface area (Å²) in [4.78, 5) is 73.0. The fourth-order valence-electron chi connectivity index (χ4n) is 3.97. The molecule has 0 saturated carbocycles. The predicted octanol–water partition coefficient (Wildman–Crippen LogP) is 1.37. The molecule has 15 nitrogen and oxygen atoms in total. The lowest BCUT2D eigenvalue weighted by Gasteiger charge is -2.28. The minimum Gasteiger partial charge on any atom is -0.478 e. The number of carbonyl (C=O) groups is 5. The van der Waals surface area contributed by atoms with Crippen LogP contribution in [0.15, 0.2) is 42.5 Å². The van der Waals surface area contributed by atoms with Gasteiger partial charge in [0, 0.05) is 25.1 Å². The van der Waals surface area contributed by atoms with E-state index in [1.807, 2.05) is 30.3 Å². The molecule has 0 unspecified atom stereocenters. The molecule has 1 aromatic carbocycles. The van der Waals surface area contributed by atoms with Crippen molar-refractivity contribution < 1.29 is 53.6 Å². The second-order valence-corrected chi connectivity index (χ2v) is 8.99. The highest BCUT2D eigenvalue weighted by molar-refractivity contribution is 5.90. The first kappa shape index (κ1) is 35.5. The molecular weight excluding hydrogens is 558 g/mol. The van der Waals surface area contributed by atoms with Gasteiger partial charge in [0.25, 0.3) is 5.09 Å². The van der Waals surface area contributed by atoms with E-state index in [0.29, 0.717) is 44.4 Å². The number of aryl methyl sites for hydroxylation is 1. The zero-order valence-corrected chi connectivity index (χ0v) is 23.5. The molecule has 1 aromatic rings. The molecule has 0 spiro atoms. The number of rotatable bonds is 16. The highest BCUT2D eigenvalue weighted by atomic mass is 16.9. The van der Waals surface area contributed by atoms with E-state index in [0.717, 1.165) is 5.56 Å². The zero-order chi connectivity index (χ0) is 31.5. The number of carbonyl (C=O) groups excluding carboxylic acids is 3. The van der Waals surface area contributed by atoms with Crippen molar-refractivity contribution in [1.82, 2.24) is 10.2 Å². The zero-order valence-electron chi connectivity index (χ0n) is 23.5. The molecule has 1 heterocycles. The number of amides is 1. The number of esters is 2. The third kappa shape index (κ3) is 14.2. The normalized spacial score (nSPS) is 15.6. The summed E-state index contributed by atoms with van der Waals surface area (Å²) in [5.74, 6) is -3.79. The van der Waals surface area contributed by atoms with Crippen LogP contribution >= 0.6 is 0 Å². The molecule has 42 heavy (non-hydrogen) atoms. The second kappa shape index (κ2) is 19.5. The number of carboxylic acids is 2. The monoisotopic (exact) mass is 595 g/mol. The van der Waals surface area contributed by atoms with E-state index in [1.165, 1.54) is 4.90 Å². The number of carboxylic acid groups (broad SMARTS) is 2. The van der Waals surface area contributed by atoms with Gasteiger partial charge in [0.2, 0.25) is 5.91 Å². The molecule has 15 heteroatoms. The lowest BCUT2D eigenvalue weighted by atomic mass is 10.0. The van der Waals surface area contributed by atoms with Gasteiger partial charge in [-0.15, -0.1) is 10.1 Å². The van der Waals surface area contributed by atoms with Gasteiger partial charge in [-0.2, -0.15) is 0 Å². The SMILES string of the molecule is CCOC(=O)[C@H](CCc1ccccc1)N[C@@H](C)C(=O)N1CCC[C@H]1C(=O)OCCCO[N+](=O)[O-].O=C(O)/C=C\C(=O)O. The van der Waals surface area contributed by atoms with Crippen LogP contribution < -0.4 is 5.32 Å². The van der Waals surface area contributed by atoms with Crippen molar-refractivity contribution in [3.05, 3.63) is 58.2 Å². The van der Waals surface area contributed by atoms with Crippen molar-refractivity contribution in [2.45, 2.75) is 64.1 Å². The number of aliphatic carboxylic acids is 2. The molecule has 1 fully saturated rings. The Morgan fingerprint density at radius 1 is 1.10 bits per heavy atom. The lowest BCUT2D eigenvalue weighted by molar-refractivity contribution is -0.757. The van der Waals surface area contributed by atoms with Crippen LogP contribution in [-0.2, 0) is 44.7 Å². The average Bonchev–Trinajstić information content (AvgIpc) is 3.44. The minimum atomic E-state index is -1.26. The van der Waals surface area contributed by atoms with Crippen molar-refractivity contribution in [3.63, 3.8) is 0 Å². The summed E-state index contributed by atoms with van der Waals surface area (Å²) in [5.41, 5.74) is 1.07. The number of hydrogen-bond donors (Lipinski definition) is 3. The third-order valence-corrected chi connectivity index (χ3v) is 5.86. The van der Waals surface area contributed by atoms with E-state index in [1.54, 1.807) is 13.8 Å². The Morgan fingerprint density at radius 3 is 2.31 bits per heavy atom. The van der Waals surface area contributed by atoms with Crippen LogP contribution in [0.1, 0.15) is 45.1 Å². The van der Waals surface area contributed by atoms with Crippen LogP contribution in [0.2, 0.25) is 0 Å². The molecule has 3 atom stereocenters. The fourth-order valence-corrected chi connectivity index (χ4v) is 3.97. The number of nitrogens with zero attached hydrogens (tertiary/aromatic N) is 2. The molecule has 0 aliphatic carbocycles. The highest BCUT2D eigenvalue weighted by Crippen LogP contribution is 2.20. The predicted molar refractivity (Wildman–Crippen MR) is 145 cm³/mol. The van der Waals surface area contributed by atoms with E-state index in [2.05, 4.69) is 10.2 Å². The Bertz CT molecular complexity index is 1060. The maximum Gasteiger partial charge on any atom is 0.328 e.